The standard InChI is InChI=1S/C14H22N2O3/c1-11(9-17)8-15-14(18)16-12(2)10-19-13-6-4-3-5-7-13/h3-7,11-12,17H,8-10H2,1-2H3,(H2,15,16,18)/t11-,12+/m0/s1. The summed E-state index contributed by atoms with van der Waals surface area (Å²) in [6, 6.07) is 9.12. The van der Waals surface area contributed by atoms with Gasteiger partial charge in [0.15, 0.2) is 0 Å². The molecular weight excluding hydrogens is 244 g/mol. The monoisotopic (exact) mass is 266 g/mol. The Morgan fingerprint density at radius 1 is 1.32 bits per heavy atom. The Balaban J connectivity index is 2.20. The van der Waals surface area contributed by atoms with E-state index in [1.165, 1.54) is 0 Å². The van der Waals surface area contributed by atoms with Crippen LogP contribution in [0.25, 0.3) is 0 Å². The van der Waals surface area contributed by atoms with E-state index in [4.69, 9.17) is 9.84 Å². The predicted molar refractivity (Wildman–Crippen MR) is 74.2 cm³/mol. The smallest absolute Gasteiger partial charge is 0.315 e. The number of hydrogen-bond acceptors (Lipinski definition) is 3. The number of aliphatic hydroxyl groups is 1. The highest BCUT2D eigenvalue weighted by Crippen LogP contribution is 2.08. The summed E-state index contributed by atoms with van der Waals surface area (Å²) in [4.78, 5) is 11.5. The molecule has 2 amide bonds. The molecule has 0 spiro atoms. The molecule has 0 heterocycles. The molecule has 0 unspecified atom stereocenters. The number of carbonyl (C=O) groups excluding carboxylic acids is 1. The molecule has 0 aliphatic carbocycles. The van der Waals surface area contributed by atoms with Crippen molar-refractivity contribution in [1.29, 1.82) is 0 Å². The van der Waals surface area contributed by atoms with E-state index in [-0.39, 0.29) is 24.6 Å². The van der Waals surface area contributed by atoms with Crippen LogP contribution >= 0.6 is 0 Å². The highest BCUT2D eigenvalue weighted by atomic mass is 16.5. The molecule has 0 aromatic heterocycles. The number of para-hydroxylation sites is 1. The molecule has 106 valence electrons. The molecular formula is C14H22N2O3. The van der Waals surface area contributed by atoms with Gasteiger partial charge in [0, 0.05) is 13.2 Å². The molecule has 1 aromatic rings. The van der Waals surface area contributed by atoms with E-state index in [1.54, 1.807) is 0 Å². The van der Waals surface area contributed by atoms with Crippen molar-refractivity contribution in [3.8, 4) is 5.75 Å². The lowest BCUT2D eigenvalue weighted by molar-refractivity contribution is 0.214. The van der Waals surface area contributed by atoms with Crippen molar-refractivity contribution >= 4 is 6.03 Å². The number of aliphatic hydroxyl groups excluding tert-OH is 1. The Hall–Kier alpha value is -1.75. The zero-order valence-corrected chi connectivity index (χ0v) is 11.4. The van der Waals surface area contributed by atoms with Gasteiger partial charge in [0.1, 0.15) is 12.4 Å². The Morgan fingerprint density at radius 2 is 2.00 bits per heavy atom. The summed E-state index contributed by atoms with van der Waals surface area (Å²) in [7, 11) is 0. The van der Waals surface area contributed by atoms with Crippen LogP contribution in [0.15, 0.2) is 30.3 Å². The second-order valence-corrected chi connectivity index (χ2v) is 4.67. The lowest BCUT2D eigenvalue weighted by Crippen LogP contribution is -2.44. The van der Waals surface area contributed by atoms with E-state index in [2.05, 4.69) is 10.6 Å². The fourth-order valence-electron chi connectivity index (χ4n) is 1.39. The van der Waals surface area contributed by atoms with Crippen molar-refractivity contribution in [1.82, 2.24) is 10.6 Å². The van der Waals surface area contributed by atoms with Crippen LogP contribution in [0.5, 0.6) is 5.75 Å². The van der Waals surface area contributed by atoms with Crippen LogP contribution in [0.3, 0.4) is 0 Å². The number of urea groups is 1. The van der Waals surface area contributed by atoms with Crippen molar-refractivity contribution in [2.45, 2.75) is 19.9 Å². The van der Waals surface area contributed by atoms with Gasteiger partial charge < -0.3 is 20.5 Å². The Bertz CT molecular complexity index is 370. The first-order chi connectivity index (χ1) is 9.11. The second-order valence-electron chi connectivity index (χ2n) is 4.67. The summed E-state index contributed by atoms with van der Waals surface area (Å²) in [5.41, 5.74) is 0. The van der Waals surface area contributed by atoms with Gasteiger partial charge in [-0.1, -0.05) is 25.1 Å². The van der Waals surface area contributed by atoms with Gasteiger partial charge in [-0.25, -0.2) is 4.79 Å². The average Bonchev–Trinajstić information content (AvgIpc) is 2.43. The minimum absolute atomic E-state index is 0.0571. The van der Waals surface area contributed by atoms with Gasteiger partial charge in [-0.05, 0) is 25.0 Å². The average molecular weight is 266 g/mol. The van der Waals surface area contributed by atoms with Gasteiger partial charge in [0.05, 0.1) is 6.04 Å². The third-order valence-electron chi connectivity index (χ3n) is 2.54. The molecule has 1 aromatic carbocycles. The molecule has 3 N–H and O–H groups in total. The van der Waals surface area contributed by atoms with E-state index < -0.39 is 0 Å². The zero-order chi connectivity index (χ0) is 14.1. The van der Waals surface area contributed by atoms with E-state index >= 15 is 0 Å². The first-order valence-corrected chi connectivity index (χ1v) is 6.45. The number of ether oxygens (including phenoxy) is 1. The fourth-order valence-corrected chi connectivity index (χ4v) is 1.39. The minimum atomic E-state index is -0.246. The number of amides is 2. The summed E-state index contributed by atoms with van der Waals surface area (Å²) in [6.45, 7) is 4.66. The van der Waals surface area contributed by atoms with Gasteiger partial charge in [0.2, 0.25) is 0 Å². The molecule has 19 heavy (non-hydrogen) atoms. The molecule has 0 radical (unpaired) electrons. The van der Waals surface area contributed by atoms with Crippen molar-refractivity contribution in [3.05, 3.63) is 30.3 Å². The molecule has 0 aliphatic rings. The second kappa shape index (κ2) is 8.37. The molecule has 0 bridgehead atoms. The van der Waals surface area contributed by atoms with Crippen LogP contribution in [0, 0.1) is 5.92 Å². The number of rotatable bonds is 7. The maximum absolute atomic E-state index is 11.5. The summed E-state index contributed by atoms with van der Waals surface area (Å²) in [5.74, 6) is 0.840. The summed E-state index contributed by atoms with van der Waals surface area (Å²) < 4.78 is 5.53. The van der Waals surface area contributed by atoms with Crippen molar-refractivity contribution < 1.29 is 14.6 Å². The van der Waals surface area contributed by atoms with Crippen LogP contribution in [0.4, 0.5) is 4.79 Å². The molecule has 0 saturated carbocycles. The summed E-state index contributed by atoms with van der Waals surface area (Å²) in [6.07, 6.45) is 0. The zero-order valence-electron chi connectivity index (χ0n) is 11.4. The van der Waals surface area contributed by atoms with Crippen LogP contribution in [0.1, 0.15) is 13.8 Å². The van der Waals surface area contributed by atoms with Crippen LogP contribution in [-0.2, 0) is 0 Å². The van der Waals surface area contributed by atoms with E-state index in [0.717, 1.165) is 5.75 Å². The lowest BCUT2D eigenvalue weighted by atomic mass is 10.2. The maximum atomic E-state index is 11.5. The van der Waals surface area contributed by atoms with Gasteiger partial charge in [-0.3, -0.25) is 0 Å². The fraction of sp³-hybridized carbons (Fsp3) is 0.500. The van der Waals surface area contributed by atoms with E-state index in [1.807, 2.05) is 44.2 Å². The van der Waals surface area contributed by atoms with Crippen LogP contribution < -0.4 is 15.4 Å². The van der Waals surface area contributed by atoms with Gasteiger partial charge in [-0.15, -0.1) is 0 Å². The van der Waals surface area contributed by atoms with Gasteiger partial charge in [-0.2, -0.15) is 0 Å². The molecule has 2 atom stereocenters. The number of hydrogen-bond donors (Lipinski definition) is 3. The lowest BCUT2D eigenvalue weighted by Gasteiger charge is -2.16. The number of benzene rings is 1. The summed E-state index contributed by atoms with van der Waals surface area (Å²) in [5, 5.41) is 14.3. The quantitative estimate of drug-likeness (QED) is 0.698. The third kappa shape index (κ3) is 6.67. The highest BCUT2D eigenvalue weighted by molar-refractivity contribution is 5.74. The first-order valence-electron chi connectivity index (χ1n) is 6.45. The van der Waals surface area contributed by atoms with Gasteiger partial charge in [0.25, 0.3) is 0 Å². The Labute approximate surface area is 114 Å². The molecule has 5 heteroatoms. The maximum Gasteiger partial charge on any atom is 0.315 e. The minimum Gasteiger partial charge on any atom is -0.491 e. The van der Waals surface area contributed by atoms with Crippen molar-refractivity contribution in [2.24, 2.45) is 5.92 Å². The highest BCUT2D eigenvalue weighted by Gasteiger charge is 2.08. The molecule has 0 aliphatic heterocycles. The number of carbonyl (C=O) groups is 1. The number of nitrogens with one attached hydrogen (secondary N) is 2. The summed E-state index contributed by atoms with van der Waals surface area (Å²) >= 11 is 0. The molecule has 0 fully saturated rings. The van der Waals surface area contributed by atoms with Crippen LogP contribution in [-0.4, -0.2) is 36.9 Å². The van der Waals surface area contributed by atoms with E-state index in [9.17, 15) is 4.79 Å². The molecule has 0 saturated heterocycles. The normalized spacial score (nSPS) is 13.4. The predicted octanol–water partition coefficient (Wildman–Crippen LogP) is 1.38. The van der Waals surface area contributed by atoms with Crippen molar-refractivity contribution in [3.63, 3.8) is 0 Å². The van der Waals surface area contributed by atoms with Gasteiger partial charge >= 0.3 is 6.03 Å². The topological polar surface area (TPSA) is 70.6 Å². The Kier molecular flexibility index (Phi) is 6.74. The Morgan fingerprint density at radius 3 is 2.63 bits per heavy atom. The molecule has 5 nitrogen and oxygen atoms in total. The SMILES string of the molecule is C[C@H](CO)CNC(=O)N[C@H](C)COc1ccccc1. The largest absolute Gasteiger partial charge is 0.491 e. The van der Waals surface area contributed by atoms with Crippen LogP contribution in [0.2, 0.25) is 0 Å². The van der Waals surface area contributed by atoms with E-state index in [0.29, 0.717) is 13.2 Å². The first kappa shape index (κ1) is 15.3. The third-order valence-corrected chi connectivity index (χ3v) is 2.54. The van der Waals surface area contributed by atoms with Crippen molar-refractivity contribution in [2.75, 3.05) is 19.8 Å². The molecule has 1 rings (SSSR count).